The third-order valence-electron chi connectivity index (χ3n) is 4.79. The van der Waals surface area contributed by atoms with Crippen LogP contribution < -0.4 is 5.32 Å². The number of hydrogen-bond acceptors (Lipinski definition) is 3. The van der Waals surface area contributed by atoms with Crippen molar-refractivity contribution in [2.45, 2.75) is 39.2 Å². The van der Waals surface area contributed by atoms with Crippen molar-refractivity contribution in [2.75, 3.05) is 19.6 Å². The fourth-order valence-electron chi connectivity index (χ4n) is 3.36. The first-order chi connectivity index (χ1) is 12.1. The van der Waals surface area contributed by atoms with E-state index in [1.165, 1.54) is 18.6 Å². The monoisotopic (exact) mass is 344 g/mol. The lowest BCUT2D eigenvalue weighted by Gasteiger charge is -2.32. The molecule has 0 bridgehead atoms. The van der Waals surface area contributed by atoms with Crippen LogP contribution in [0.25, 0.3) is 5.69 Å². The number of carbonyl (C=O) groups excluding carboxylic acids is 1. The maximum atomic E-state index is 13.1. The van der Waals surface area contributed by atoms with Crippen LogP contribution in [0.1, 0.15) is 42.2 Å². The molecule has 6 heteroatoms. The van der Waals surface area contributed by atoms with E-state index in [1.807, 2.05) is 6.92 Å². The van der Waals surface area contributed by atoms with Crippen LogP contribution in [0.4, 0.5) is 4.39 Å². The van der Waals surface area contributed by atoms with Gasteiger partial charge in [0.15, 0.2) is 0 Å². The van der Waals surface area contributed by atoms with Gasteiger partial charge in [-0.05, 0) is 57.0 Å². The summed E-state index contributed by atoms with van der Waals surface area (Å²) < 4.78 is 14.7. The maximum absolute atomic E-state index is 13.1. The van der Waals surface area contributed by atoms with Crippen molar-refractivity contribution in [2.24, 2.45) is 0 Å². The fraction of sp³-hybridized carbons (Fsp3) is 0.474. The molecule has 1 aliphatic heterocycles. The van der Waals surface area contributed by atoms with E-state index in [0.717, 1.165) is 43.9 Å². The first-order valence-corrected chi connectivity index (χ1v) is 8.92. The number of likely N-dealkylation sites (tertiary alicyclic amines) is 1. The van der Waals surface area contributed by atoms with Gasteiger partial charge in [0.25, 0.3) is 5.91 Å². The normalized spacial score (nSPS) is 16.1. The molecule has 1 aromatic carbocycles. The molecule has 1 aromatic heterocycles. The Balaban J connectivity index is 1.64. The van der Waals surface area contributed by atoms with Crippen molar-refractivity contribution < 1.29 is 9.18 Å². The minimum absolute atomic E-state index is 0.0835. The van der Waals surface area contributed by atoms with Gasteiger partial charge in [0.1, 0.15) is 5.82 Å². The lowest BCUT2D eigenvalue weighted by molar-refractivity contribution is 0.0910. The Kier molecular flexibility index (Phi) is 5.48. The van der Waals surface area contributed by atoms with Gasteiger partial charge in [-0.3, -0.25) is 4.79 Å². The Morgan fingerprint density at radius 3 is 2.60 bits per heavy atom. The number of carbonyl (C=O) groups is 1. The molecule has 0 radical (unpaired) electrons. The Morgan fingerprint density at radius 2 is 1.96 bits per heavy atom. The number of hydrogen-bond donors (Lipinski definition) is 1. The Labute approximate surface area is 147 Å². The molecule has 1 saturated heterocycles. The molecule has 3 rings (SSSR count). The molecule has 1 fully saturated rings. The molecule has 0 unspecified atom stereocenters. The van der Waals surface area contributed by atoms with Gasteiger partial charge in [0, 0.05) is 19.1 Å². The van der Waals surface area contributed by atoms with E-state index < -0.39 is 0 Å². The van der Waals surface area contributed by atoms with Gasteiger partial charge in [-0.1, -0.05) is 6.92 Å². The minimum atomic E-state index is -0.291. The molecule has 134 valence electrons. The van der Waals surface area contributed by atoms with Crippen molar-refractivity contribution in [3.05, 3.63) is 47.5 Å². The minimum Gasteiger partial charge on any atom is -0.349 e. The second kappa shape index (κ2) is 7.78. The standard InChI is InChI=1S/C19H25FN4O/c1-3-10-23-11-8-16(9-12-23)22-19(25)18-13-21-24(14(18)2)17-6-4-15(20)5-7-17/h4-7,13,16H,3,8-12H2,1-2H3,(H,22,25). The average molecular weight is 344 g/mol. The average Bonchev–Trinajstić information content (AvgIpc) is 2.99. The first-order valence-electron chi connectivity index (χ1n) is 8.92. The number of piperidine rings is 1. The van der Waals surface area contributed by atoms with Gasteiger partial charge >= 0.3 is 0 Å². The van der Waals surface area contributed by atoms with E-state index in [-0.39, 0.29) is 17.8 Å². The predicted molar refractivity (Wildman–Crippen MR) is 95.5 cm³/mol. The van der Waals surface area contributed by atoms with E-state index in [9.17, 15) is 9.18 Å². The Morgan fingerprint density at radius 1 is 1.28 bits per heavy atom. The van der Waals surface area contributed by atoms with Crippen LogP contribution in [0.2, 0.25) is 0 Å². The molecule has 1 N–H and O–H groups in total. The van der Waals surface area contributed by atoms with Gasteiger partial charge in [-0.15, -0.1) is 0 Å². The van der Waals surface area contributed by atoms with Crippen LogP contribution in [0.15, 0.2) is 30.5 Å². The molecule has 25 heavy (non-hydrogen) atoms. The molecular formula is C19H25FN4O. The first kappa shape index (κ1) is 17.6. The zero-order valence-electron chi connectivity index (χ0n) is 14.8. The second-order valence-electron chi connectivity index (χ2n) is 6.62. The summed E-state index contributed by atoms with van der Waals surface area (Å²) in [5.41, 5.74) is 2.07. The van der Waals surface area contributed by atoms with Crippen LogP contribution in [0, 0.1) is 12.7 Å². The smallest absolute Gasteiger partial charge is 0.254 e. The lowest BCUT2D eigenvalue weighted by Crippen LogP contribution is -2.44. The van der Waals surface area contributed by atoms with Crippen LogP contribution in [0.5, 0.6) is 0 Å². The second-order valence-corrected chi connectivity index (χ2v) is 6.62. The van der Waals surface area contributed by atoms with Gasteiger partial charge in [-0.25, -0.2) is 9.07 Å². The number of aromatic nitrogens is 2. The van der Waals surface area contributed by atoms with Crippen molar-refractivity contribution in [1.82, 2.24) is 20.0 Å². The van der Waals surface area contributed by atoms with Gasteiger partial charge in [-0.2, -0.15) is 5.10 Å². The van der Waals surface area contributed by atoms with Crippen molar-refractivity contribution in [1.29, 1.82) is 0 Å². The molecule has 2 aromatic rings. The SMILES string of the molecule is CCCN1CCC(NC(=O)c2cnn(-c3ccc(F)cc3)c2C)CC1. The molecular weight excluding hydrogens is 319 g/mol. The van der Waals surface area contributed by atoms with E-state index in [4.69, 9.17) is 0 Å². The maximum Gasteiger partial charge on any atom is 0.254 e. The summed E-state index contributed by atoms with van der Waals surface area (Å²) >= 11 is 0. The summed E-state index contributed by atoms with van der Waals surface area (Å²) in [4.78, 5) is 15.0. The topological polar surface area (TPSA) is 50.2 Å². The predicted octanol–water partition coefficient (Wildman–Crippen LogP) is 2.92. The van der Waals surface area contributed by atoms with Gasteiger partial charge in [0.05, 0.1) is 23.1 Å². The number of amides is 1. The molecule has 2 heterocycles. The molecule has 1 amide bonds. The zero-order valence-corrected chi connectivity index (χ0v) is 14.8. The van der Waals surface area contributed by atoms with Crippen LogP contribution >= 0.6 is 0 Å². The highest BCUT2D eigenvalue weighted by molar-refractivity contribution is 5.95. The number of halogens is 1. The molecule has 0 spiro atoms. The quantitative estimate of drug-likeness (QED) is 0.907. The van der Waals surface area contributed by atoms with Gasteiger partial charge < -0.3 is 10.2 Å². The van der Waals surface area contributed by atoms with Crippen LogP contribution in [-0.4, -0.2) is 46.3 Å². The van der Waals surface area contributed by atoms with E-state index in [1.54, 1.807) is 23.0 Å². The third kappa shape index (κ3) is 4.07. The highest BCUT2D eigenvalue weighted by Crippen LogP contribution is 2.16. The summed E-state index contributed by atoms with van der Waals surface area (Å²) in [6, 6.07) is 6.30. The third-order valence-corrected chi connectivity index (χ3v) is 4.79. The fourth-order valence-corrected chi connectivity index (χ4v) is 3.36. The zero-order chi connectivity index (χ0) is 17.8. The molecule has 0 aliphatic carbocycles. The van der Waals surface area contributed by atoms with Crippen LogP contribution in [0.3, 0.4) is 0 Å². The number of nitrogens with zero attached hydrogens (tertiary/aromatic N) is 3. The number of benzene rings is 1. The summed E-state index contributed by atoms with van der Waals surface area (Å²) in [6.07, 6.45) is 4.72. The molecule has 0 atom stereocenters. The van der Waals surface area contributed by atoms with Crippen LogP contribution in [-0.2, 0) is 0 Å². The van der Waals surface area contributed by atoms with E-state index in [2.05, 4.69) is 22.2 Å². The van der Waals surface area contributed by atoms with Gasteiger partial charge in [0.2, 0.25) is 0 Å². The largest absolute Gasteiger partial charge is 0.349 e. The number of nitrogens with one attached hydrogen (secondary N) is 1. The Bertz CT molecular complexity index is 718. The number of rotatable bonds is 5. The van der Waals surface area contributed by atoms with Crippen molar-refractivity contribution in [3.8, 4) is 5.69 Å². The van der Waals surface area contributed by atoms with E-state index in [0.29, 0.717) is 5.56 Å². The van der Waals surface area contributed by atoms with Crippen molar-refractivity contribution >= 4 is 5.91 Å². The van der Waals surface area contributed by atoms with Crippen molar-refractivity contribution in [3.63, 3.8) is 0 Å². The summed E-state index contributed by atoms with van der Waals surface area (Å²) in [7, 11) is 0. The summed E-state index contributed by atoms with van der Waals surface area (Å²) in [5, 5.41) is 7.42. The molecule has 1 aliphatic rings. The Hall–Kier alpha value is -2.21. The summed E-state index contributed by atoms with van der Waals surface area (Å²) in [6.45, 7) is 7.24. The summed E-state index contributed by atoms with van der Waals surface area (Å²) in [5.74, 6) is -0.374. The highest BCUT2D eigenvalue weighted by Gasteiger charge is 2.22. The molecule has 5 nitrogen and oxygen atoms in total. The lowest BCUT2D eigenvalue weighted by atomic mass is 10.0. The van der Waals surface area contributed by atoms with E-state index >= 15 is 0 Å². The highest BCUT2D eigenvalue weighted by atomic mass is 19.1. The molecule has 0 saturated carbocycles.